The van der Waals surface area contributed by atoms with Crippen molar-refractivity contribution in [3.63, 3.8) is 0 Å². The Hall–Kier alpha value is -2.90. The van der Waals surface area contributed by atoms with Gasteiger partial charge in [-0.2, -0.15) is 0 Å². The molecule has 0 aromatic heterocycles. The van der Waals surface area contributed by atoms with Gasteiger partial charge in [-0.25, -0.2) is 4.79 Å². The van der Waals surface area contributed by atoms with E-state index in [-0.39, 0.29) is 11.9 Å². The summed E-state index contributed by atoms with van der Waals surface area (Å²) in [5.41, 5.74) is 0.330. The number of nitrogens with zero attached hydrogens (tertiary/aromatic N) is 1. The summed E-state index contributed by atoms with van der Waals surface area (Å²) < 4.78 is 4.95. The Labute approximate surface area is 170 Å². The highest BCUT2D eigenvalue weighted by atomic mass is 16.5. The Morgan fingerprint density at radius 1 is 1.21 bits per heavy atom. The van der Waals surface area contributed by atoms with Crippen molar-refractivity contribution >= 4 is 23.8 Å². The first kappa shape index (κ1) is 20.8. The van der Waals surface area contributed by atoms with Gasteiger partial charge < -0.3 is 15.4 Å². The number of carbonyl (C=O) groups is 4. The van der Waals surface area contributed by atoms with E-state index in [1.54, 1.807) is 0 Å². The molecule has 1 aromatic carbocycles. The Kier molecular flexibility index (Phi) is 6.51. The Morgan fingerprint density at radius 3 is 2.59 bits per heavy atom. The van der Waals surface area contributed by atoms with E-state index >= 15 is 0 Å². The van der Waals surface area contributed by atoms with Crippen LogP contribution in [0.25, 0.3) is 0 Å². The average molecular weight is 401 g/mol. The SMILES string of the molecule is C[C@@H](CCc1ccccc1)NC(=O)COC(=O)CN1C(=O)NC2(CCCC2)C1=O. The number of imide groups is 1. The number of ether oxygens (including phenoxy) is 1. The molecule has 8 heteroatoms. The second-order valence-corrected chi connectivity index (χ2v) is 7.76. The number of amides is 4. The first-order valence-corrected chi connectivity index (χ1v) is 10.0. The topological polar surface area (TPSA) is 105 Å². The molecule has 0 unspecified atom stereocenters. The molecule has 1 saturated carbocycles. The van der Waals surface area contributed by atoms with E-state index in [1.165, 1.54) is 5.56 Å². The summed E-state index contributed by atoms with van der Waals surface area (Å²) in [6, 6.07) is 9.30. The lowest BCUT2D eigenvalue weighted by molar-refractivity contribution is -0.151. The molecule has 1 aliphatic heterocycles. The lowest BCUT2D eigenvalue weighted by atomic mass is 9.98. The number of rotatable bonds is 8. The molecule has 2 N–H and O–H groups in total. The van der Waals surface area contributed by atoms with Gasteiger partial charge in [0.05, 0.1) is 0 Å². The third kappa shape index (κ3) is 5.13. The van der Waals surface area contributed by atoms with E-state index in [1.807, 2.05) is 37.3 Å². The molecule has 1 aliphatic carbocycles. The van der Waals surface area contributed by atoms with Crippen LogP contribution in [-0.2, 0) is 25.5 Å². The molecule has 1 aromatic rings. The largest absolute Gasteiger partial charge is 0.454 e. The number of carbonyl (C=O) groups excluding carboxylic acids is 4. The molecule has 2 aliphatic rings. The molecular weight excluding hydrogens is 374 g/mol. The van der Waals surface area contributed by atoms with Crippen LogP contribution < -0.4 is 10.6 Å². The van der Waals surface area contributed by atoms with E-state index < -0.39 is 36.6 Å². The molecule has 0 radical (unpaired) electrons. The molecule has 2 fully saturated rings. The van der Waals surface area contributed by atoms with Gasteiger partial charge in [0, 0.05) is 6.04 Å². The Morgan fingerprint density at radius 2 is 1.90 bits per heavy atom. The number of benzene rings is 1. The highest BCUT2D eigenvalue weighted by Crippen LogP contribution is 2.34. The van der Waals surface area contributed by atoms with Crippen LogP contribution in [0, 0.1) is 0 Å². The second-order valence-electron chi connectivity index (χ2n) is 7.76. The van der Waals surface area contributed by atoms with Crippen molar-refractivity contribution in [3.05, 3.63) is 35.9 Å². The molecule has 29 heavy (non-hydrogen) atoms. The minimum Gasteiger partial charge on any atom is -0.454 e. The van der Waals surface area contributed by atoms with Gasteiger partial charge in [0.2, 0.25) is 0 Å². The first-order chi connectivity index (χ1) is 13.9. The number of esters is 1. The van der Waals surface area contributed by atoms with Crippen LogP contribution in [0.3, 0.4) is 0 Å². The van der Waals surface area contributed by atoms with Crippen LogP contribution in [0.4, 0.5) is 4.79 Å². The van der Waals surface area contributed by atoms with Gasteiger partial charge in [-0.05, 0) is 38.2 Å². The maximum atomic E-state index is 12.5. The maximum absolute atomic E-state index is 12.5. The highest BCUT2D eigenvalue weighted by Gasteiger charge is 2.52. The Balaban J connectivity index is 1.38. The fourth-order valence-electron chi connectivity index (χ4n) is 3.87. The third-order valence-electron chi connectivity index (χ3n) is 5.47. The van der Waals surface area contributed by atoms with E-state index in [2.05, 4.69) is 10.6 Å². The van der Waals surface area contributed by atoms with Gasteiger partial charge in [0.25, 0.3) is 11.8 Å². The number of aryl methyl sites for hydroxylation is 1. The minimum atomic E-state index is -0.858. The monoisotopic (exact) mass is 401 g/mol. The van der Waals surface area contributed by atoms with Crippen molar-refractivity contribution in [1.82, 2.24) is 15.5 Å². The van der Waals surface area contributed by atoms with Crippen molar-refractivity contribution in [3.8, 4) is 0 Å². The van der Waals surface area contributed by atoms with Crippen LogP contribution in [-0.4, -0.2) is 53.4 Å². The van der Waals surface area contributed by atoms with E-state index in [0.29, 0.717) is 12.8 Å². The fraction of sp³-hybridized carbons (Fsp3) is 0.524. The number of nitrogens with one attached hydrogen (secondary N) is 2. The van der Waals surface area contributed by atoms with E-state index in [4.69, 9.17) is 4.74 Å². The highest BCUT2D eigenvalue weighted by molar-refractivity contribution is 6.08. The molecule has 1 saturated heterocycles. The fourth-order valence-corrected chi connectivity index (χ4v) is 3.87. The van der Waals surface area contributed by atoms with Crippen molar-refractivity contribution in [2.75, 3.05) is 13.2 Å². The Bertz CT molecular complexity index is 774. The summed E-state index contributed by atoms with van der Waals surface area (Å²) in [6.45, 7) is 0.962. The summed E-state index contributed by atoms with van der Waals surface area (Å²) in [5, 5.41) is 5.48. The predicted octanol–water partition coefficient (Wildman–Crippen LogP) is 1.53. The number of urea groups is 1. The zero-order chi connectivity index (χ0) is 20.9. The summed E-state index contributed by atoms with van der Waals surface area (Å²) in [4.78, 5) is 49.5. The molecule has 1 heterocycles. The van der Waals surface area contributed by atoms with Crippen molar-refractivity contribution in [1.29, 1.82) is 0 Å². The van der Waals surface area contributed by atoms with Gasteiger partial charge in [-0.1, -0.05) is 43.2 Å². The van der Waals surface area contributed by atoms with Crippen LogP contribution in [0.5, 0.6) is 0 Å². The first-order valence-electron chi connectivity index (χ1n) is 10.0. The maximum Gasteiger partial charge on any atom is 0.326 e. The van der Waals surface area contributed by atoms with Gasteiger partial charge in [-0.15, -0.1) is 0 Å². The van der Waals surface area contributed by atoms with E-state index in [0.717, 1.165) is 30.6 Å². The lowest BCUT2D eigenvalue weighted by Gasteiger charge is -2.19. The van der Waals surface area contributed by atoms with Gasteiger partial charge in [0.1, 0.15) is 12.1 Å². The van der Waals surface area contributed by atoms with Crippen LogP contribution in [0.1, 0.15) is 44.6 Å². The summed E-state index contributed by atoms with van der Waals surface area (Å²) in [5.74, 6) is -1.57. The van der Waals surface area contributed by atoms with Gasteiger partial charge in [0.15, 0.2) is 6.61 Å². The molecule has 0 bridgehead atoms. The lowest BCUT2D eigenvalue weighted by Crippen LogP contribution is -2.44. The molecular formula is C21H27N3O5. The normalized spacial score (nSPS) is 18.6. The smallest absolute Gasteiger partial charge is 0.326 e. The van der Waals surface area contributed by atoms with Gasteiger partial charge >= 0.3 is 12.0 Å². The molecule has 1 atom stereocenters. The van der Waals surface area contributed by atoms with E-state index in [9.17, 15) is 19.2 Å². The number of hydrogen-bond donors (Lipinski definition) is 2. The quantitative estimate of drug-likeness (QED) is 0.508. The van der Waals surface area contributed by atoms with Crippen LogP contribution in [0.2, 0.25) is 0 Å². The predicted molar refractivity (Wildman–Crippen MR) is 105 cm³/mol. The van der Waals surface area contributed by atoms with Crippen molar-refractivity contribution < 1.29 is 23.9 Å². The van der Waals surface area contributed by atoms with Crippen molar-refractivity contribution in [2.24, 2.45) is 0 Å². The minimum absolute atomic E-state index is 0.0745. The third-order valence-corrected chi connectivity index (χ3v) is 5.47. The number of hydrogen-bond acceptors (Lipinski definition) is 5. The summed E-state index contributed by atoms with van der Waals surface area (Å²) in [6.07, 6.45) is 4.50. The van der Waals surface area contributed by atoms with Gasteiger partial charge in [-0.3, -0.25) is 19.3 Å². The van der Waals surface area contributed by atoms with Crippen molar-refractivity contribution in [2.45, 2.75) is 57.0 Å². The molecule has 156 valence electrons. The summed E-state index contributed by atoms with van der Waals surface area (Å²) >= 11 is 0. The summed E-state index contributed by atoms with van der Waals surface area (Å²) in [7, 11) is 0. The molecule has 8 nitrogen and oxygen atoms in total. The average Bonchev–Trinajstić information content (AvgIpc) is 3.26. The van der Waals surface area contributed by atoms with Crippen LogP contribution >= 0.6 is 0 Å². The molecule has 1 spiro atoms. The zero-order valence-electron chi connectivity index (χ0n) is 16.6. The zero-order valence-corrected chi connectivity index (χ0v) is 16.6. The second kappa shape index (κ2) is 9.07. The standard InChI is InChI=1S/C21H27N3O5/c1-15(9-10-16-7-3-2-4-8-16)22-17(25)14-29-18(26)13-24-19(27)21(23-20(24)28)11-5-6-12-21/h2-4,7-8,15H,5-6,9-14H2,1H3,(H,22,25)(H,23,28)/t15-/m0/s1. The molecule has 3 rings (SSSR count). The molecule has 4 amide bonds. The van der Waals surface area contributed by atoms with Crippen LogP contribution in [0.15, 0.2) is 30.3 Å².